The number of nitrogens with zero attached hydrogens (tertiary/aromatic N) is 2. The minimum Gasteiger partial charge on any atom is -0.327 e. The molecule has 0 aromatic rings. The highest BCUT2D eigenvalue weighted by atomic mass is 15.1. The van der Waals surface area contributed by atoms with E-state index in [0.717, 1.165) is 38.9 Å². The Hall–Kier alpha value is -0.590. The standard InChI is InChI=1S/C11H21N3/c1-10-9-14(8-5-11(10)13)7-4-2-3-6-12/h10-11H,2-5,7-9,13H2,1H3. The molecule has 1 heterocycles. The lowest BCUT2D eigenvalue weighted by molar-refractivity contribution is 0.162. The van der Waals surface area contributed by atoms with Gasteiger partial charge in [0.25, 0.3) is 0 Å². The quantitative estimate of drug-likeness (QED) is 0.689. The van der Waals surface area contributed by atoms with Crippen LogP contribution in [0.5, 0.6) is 0 Å². The number of unbranched alkanes of at least 4 members (excludes halogenated alkanes) is 2. The van der Waals surface area contributed by atoms with Gasteiger partial charge in [0.1, 0.15) is 0 Å². The fourth-order valence-electron chi connectivity index (χ4n) is 1.99. The first-order valence-electron chi connectivity index (χ1n) is 5.59. The van der Waals surface area contributed by atoms with Gasteiger partial charge in [-0.25, -0.2) is 0 Å². The SMILES string of the molecule is CC1CN(CCCCC#N)CCC1N. The molecule has 1 aliphatic heterocycles. The average Bonchev–Trinajstić information content (AvgIpc) is 2.18. The summed E-state index contributed by atoms with van der Waals surface area (Å²) in [7, 11) is 0. The summed E-state index contributed by atoms with van der Waals surface area (Å²) in [4.78, 5) is 2.48. The highest BCUT2D eigenvalue weighted by Crippen LogP contribution is 2.15. The van der Waals surface area contributed by atoms with E-state index in [4.69, 9.17) is 11.0 Å². The fraction of sp³-hybridized carbons (Fsp3) is 0.909. The van der Waals surface area contributed by atoms with Crippen LogP contribution < -0.4 is 5.73 Å². The van der Waals surface area contributed by atoms with Crippen LogP contribution in [0.25, 0.3) is 0 Å². The first kappa shape index (κ1) is 11.5. The van der Waals surface area contributed by atoms with Gasteiger partial charge in [-0.1, -0.05) is 6.92 Å². The smallest absolute Gasteiger partial charge is 0.0621 e. The van der Waals surface area contributed by atoms with Gasteiger partial charge in [-0.2, -0.15) is 5.26 Å². The van der Waals surface area contributed by atoms with Crippen LogP contribution in [-0.4, -0.2) is 30.6 Å². The van der Waals surface area contributed by atoms with Gasteiger partial charge in [0, 0.05) is 19.0 Å². The van der Waals surface area contributed by atoms with Gasteiger partial charge in [-0.05, 0) is 38.3 Å². The number of piperidine rings is 1. The predicted octanol–water partition coefficient (Wildman–Crippen LogP) is 1.35. The minimum absolute atomic E-state index is 0.394. The van der Waals surface area contributed by atoms with Crippen molar-refractivity contribution in [3.05, 3.63) is 0 Å². The number of rotatable bonds is 4. The van der Waals surface area contributed by atoms with Crippen LogP contribution >= 0.6 is 0 Å². The lowest BCUT2D eigenvalue weighted by atomic mass is 9.95. The van der Waals surface area contributed by atoms with Crippen molar-refractivity contribution in [2.45, 2.75) is 38.6 Å². The number of hydrogen-bond donors (Lipinski definition) is 1. The van der Waals surface area contributed by atoms with Gasteiger partial charge in [0.05, 0.1) is 6.07 Å². The second kappa shape index (κ2) is 6.00. The van der Waals surface area contributed by atoms with Crippen LogP contribution in [0, 0.1) is 17.2 Å². The Morgan fingerprint density at radius 2 is 2.29 bits per heavy atom. The van der Waals surface area contributed by atoms with Gasteiger partial charge < -0.3 is 10.6 Å². The maximum Gasteiger partial charge on any atom is 0.0621 e. The molecule has 0 aromatic carbocycles. The highest BCUT2D eigenvalue weighted by molar-refractivity contribution is 4.80. The second-order valence-corrected chi connectivity index (χ2v) is 4.35. The summed E-state index contributed by atoms with van der Waals surface area (Å²) >= 11 is 0. The lowest BCUT2D eigenvalue weighted by Gasteiger charge is -2.35. The highest BCUT2D eigenvalue weighted by Gasteiger charge is 2.22. The summed E-state index contributed by atoms with van der Waals surface area (Å²) < 4.78 is 0. The number of nitriles is 1. The molecule has 1 aliphatic rings. The van der Waals surface area contributed by atoms with E-state index < -0.39 is 0 Å². The fourth-order valence-corrected chi connectivity index (χ4v) is 1.99. The van der Waals surface area contributed by atoms with Crippen LogP contribution in [0.3, 0.4) is 0 Å². The molecular weight excluding hydrogens is 174 g/mol. The third-order valence-electron chi connectivity index (χ3n) is 3.07. The maximum absolute atomic E-state index is 8.40. The molecule has 1 fully saturated rings. The molecule has 0 saturated carbocycles. The molecule has 0 spiro atoms. The van der Waals surface area contributed by atoms with Gasteiger partial charge >= 0.3 is 0 Å². The molecule has 3 nitrogen and oxygen atoms in total. The van der Waals surface area contributed by atoms with Gasteiger partial charge in [0.2, 0.25) is 0 Å². The van der Waals surface area contributed by atoms with E-state index in [-0.39, 0.29) is 0 Å². The molecule has 2 N–H and O–H groups in total. The van der Waals surface area contributed by atoms with E-state index in [9.17, 15) is 0 Å². The number of likely N-dealkylation sites (tertiary alicyclic amines) is 1. The van der Waals surface area contributed by atoms with Crippen LogP contribution in [0.2, 0.25) is 0 Å². The summed E-state index contributed by atoms with van der Waals surface area (Å²) in [6.45, 7) is 5.64. The Bertz CT molecular complexity index is 197. The zero-order chi connectivity index (χ0) is 10.4. The molecule has 1 saturated heterocycles. The van der Waals surface area contributed by atoms with Crippen LogP contribution in [0.15, 0.2) is 0 Å². The zero-order valence-electron chi connectivity index (χ0n) is 9.08. The third kappa shape index (κ3) is 3.65. The van der Waals surface area contributed by atoms with Crippen molar-refractivity contribution >= 4 is 0 Å². The average molecular weight is 195 g/mol. The number of nitrogens with two attached hydrogens (primary N) is 1. The molecular formula is C11H21N3. The molecule has 0 amide bonds. The summed E-state index contributed by atoms with van der Waals surface area (Å²) in [5.41, 5.74) is 5.95. The van der Waals surface area contributed by atoms with Crippen molar-refractivity contribution in [1.82, 2.24) is 4.90 Å². The van der Waals surface area contributed by atoms with Crippen molar-refractivity contribution in [3.8, 4) is 6.07 Å². The Morgan fingerprint density at radius 3 is 2.93 bits per heavy atom. The van der Waals surface area contributed by atoms with Gasteiger partial charge in [0.15, 0.2) is 0 Å². The van der Waals surface area contributed by atoms with Crippen molar-refractivity contribution in [1.29, 1.82) is 5.26 Å². The van der Waals surface area contributed by atoms with Crippen molar-refractivity contribution in [2.24, 2.45) is 11.7 Å². The van der Waals surface area contributed by atoms with Crippen LogP contribution in [0.4, 0.5) is 0 Å². The van der Waals surface area contributed by atoms with Crippen molar-refractivity contribution < 1.29 is 0 Å². The monoisotopic (exact) mass is 195 g/mol. The first-order valence-corrected chi connectivity index (χ1v) is 5.59. The largest absolute Gasteiger partial charge is 0.327 e. The predicted molar refractivity (Wildman–Crippen MR) is 57.7 cm³/mol. The van der Waals surface area contributed by atoms with Crippen molar-refractivity contribution in [2.75, 3.05) is 19.6 Å². The summed E-state index contributed by atoms with van der Waals surface area (Å²) in [5, 5.41) is 8.40. The molecule has 0 bridgehead atoms. The van der Waals surface area contributed by atoms with E-state index in [2.05, 4.69) is 17.9 Å². The first-order chi connectivity index (χ1) is 6.74. The number of hydrogen-bond acceptors (Lipinski definition) is 3. The lowest BCUT2D eigenvalue weighted by Crippen LogP contribution is -2.46. The van der Waals surface area contributed by atoms with E-state index in [1.54, 1.807) is 0 Å². The normalized spacial score (nSPS) is 28.6. The van der Waals surface area contributed by atoms with E-state index >= 15 is 0 Å². The summed E-state index contributed by atoms with van der Waals surface area (Å²) in [6, 6.07) is 2.58. The Balaban J connectivity index is 2.11. The molecule has 1 rings (SSSR count). The Labute approximate surface area is 86.9 Å². The Kier molecular flexibility index (Phi) is 4.92. The van der Waals surface area contributed by atoms with E-state index in [0.29, 0.717) is 18.4 Å². The van der Waals surface area contributed by atoms with Crippen LogP contribution in [0.1, 0.15) is 32.6 Å². The molecule has 0 radical (unpaired) electrons. The topological polar surface area (TPSA) is 53.0 Å². The molecule has 0 aliphatic carbocycles. The van der Waals surface area contributed by atoms with Crippen molar-refractivity contribution in [3.63, 3.8) is 0 Å². The van der Waals surface area contributed by atoms with Crippen LogP contribution in [-0.2, 0) is 0 Å². The second-order valence-electron chi connectivity index (χ2n) is 4.35. The minimum atomic E-state index is 0.394. The summed E-state index contributed by atoms with van der Waals surface area (Å²) in [5.74, 6) is 0.625. The molecule has 0 aromatic heterocycles. The maximum atomic E-state index is 8.40. The molecule has 2 unspecified atom stereocenters. The molecule has 14 heavy (non-hydrogen) atoms. The molecule has 2 atom stereocenters. The van der Waals surface area contributed by atoms with Gasteiger partial charge in [-0.3, -0.25) is 0 Å². The van der Waals surface area contributed by atoms with E-state index in [1.807, 2.05) is 0 Å². The third-order valence-corrected chi connectivity index (χ3v) is 3.07. The Morgan fingerprint density at radius 1 is 1.50 bits per heavy atom. The zero-order valence-corrected chi connectivity index (χ0v) is 9.08. The van der Waals surface area contributed by atoms with Gasteiger partial charge in [-0.15, -0.1) is 0 Å². The molecule has 3 heteroatoms. The molecule has 80 valence electrons. The summed E-state index contributed by atoms with van der Waals surface area (Å²) in [6.07, 6.45) is 4.01. The van der Waals surface area contributed by atoms with E-state index in [1.165, 1.54) is 0 Å².